The molecule has 3 N–H and O–H groups in total. The molecule has 0 aromatic heterocycles. The third-order valence-electron chi connectivity index (χ3n) is 4.17. The molecule has 1 aromatic rings. The summed E-state index contributed by atoms with van der Waals surface area (Å²) in [5.74, 6) is 0.406. The van der Waals surface area contributed by atoms with E-state index in [-0.39, 0.29) is 18.6 Å². The van der Waals surface area contributed by atoms with E-state index in [2.05, 4.69) is 23.6 Å². The van der Waals surface area contributed by atoms with Gasteiger partial charge in [0.25, 0.3) is 0 Å². The molecule has 1 aromatic carbocycles. The average Bonchev–Trinajstić information content (AvgIpc) is 2.52. The van der Waals surface area contributed by atoms with E-state index in [1.807, 2.05) is 18.2 Å². The second-order valence-corrected chi connectivity index (χ2v) is 5.75. The second kappa shape index (κ2) is 8.15. The van der Waals surface area contributed by atoms with Gasteiger partial charge in [0.05, 0.1) is 0 Å². The maximum Gasteiger partial charge on any atom is 0.241 e. The van der Waals surface area contributed by atoms with Crippen LogP contribution in [-0.2, 0) is 11.2 Å². The molecule has 116 valence electrons. The van der Waals surface area contributed by atoms with E-state index in [1.54, 1.807) is 0 Å². The molecule has 2 rings (SSSR count). The number of fused-ring (bicyclic) bond motifs is 1. The van der Waals surface area contributed by atoms with Crippen LogP contribution >= 0.6 is 0 Å². The molecule has 0 saturated carbocycles. The Kier molecular flexibility index (Phi) is 6.21. The van der Waals surface area contributed by atoms with Crippen LogP contribution in [-0.4, -0.2) is 30.7 Å². The van der Waals surface area contributed by atoms with Gasteiger partial charge in [-0.15, -0.1) is 0 Å². The number of hydrogen-bond donors (Lipinski definition) is 3. The molecule has 0 fully saturated rings. The number of benzene rings is 1. The van der Waals surface area contributed by atoms with Crippen molar-refractivity contribution >= 4 is 5.91 Å². The highest BCUT2D eigenvalue weighted by atomic mass is 16.3. The van der Waals surface area contributed by atoms with E-state index in [9.17, 15) is 4.79 Å². The summed E-state index contributed by atoms with van der Waals surface area (Å²) < 4.78 is 0. The topological polar surface area (TPSA) is 61.4 Å². The summed E-state index contributed by atoms with van der Waals surface area (Å²) in [6, 6.07) is 7.90. The smallest absolute Gasteiger partial charge is 0.241 e. The van der Waals surface area contributed by atoms with Gasteiger partial charge in [-0.25, -0.2) is 0 Å². The number of aliphatic hydroxyl groups is 1. The molecule has 0 spiro atoms. The second-order valence-electron chi connectivity index (χ2n) is 5.75. The van der Waals surface area contributed by atoms with Gasteiger partial charge in [-0.05, 0) is 36.3 Å². The molecule has 4 nitrogen and oxygen atoms in total. The molecule has 0 saturated heterocycles. The third kappa shape index (κ3) is 4.29. The van der Waals surface area contributed by atoms with Gasteiger partial charge >= 0.3 is 0 Å². The van der Waals surface area contributed by atoms with Crippen LogP contribution in [0.5, 0.6) is 0 Å². The summed E-state index contributed by atoms with van der Waals surface area (Å²) in [4.78, 5) is 12.4. The van der Waals surface area contributed by atoms with E-state index < -0.39 is 0 Å². The summed E-state index contributed by atoms with van der Waals surface area (Å²) >= 11 is 0. The first-order valence-corrected chi connectivity index (χ1v) is 7.96. The minimum Gasteiger partial charge on any atom is -0.396 e. The fourth-order valence-corrected chi connectivity index (χ4v) is 3.02. The van der Waals surface area contributed by atoms with Gasteiger partial charge in [0, 0.05) is 19.7 Å². The number of carbonyl (C=O) groups excluding carboxylic acids is 1. The lowest BCUT2D eigenvalue weighted by molar-refractivity contribution is -0.123. The lowest BCUT2D eigenvalue weighted by atomic mass is 9.93. The summed E-state index contributed by atoms with van der Waals surface area (Å²) in [6.45, 7) is 3.80. The Balaban J connectivity index is 1.95. The molecule has 21 heavy (non-hydrogen) atoms. The highest BCUT2D eigenvalue weighted by Crippen LogP contribution is 2.22. The number of aliphatic hydroxyl groups excluding tert-OH is 1. The van der Waals surface area contributed by atoms with Crippen molar-refractivity contribution in [1.29, 1.82) is 0 Å². The number of amides is 1. The Morgan fingerprint density at radius 3 is 3.00 bits per heavy atom. The molecule has 2 atom stereocenters. The summed E-state index contributed by atoms with van der Waals surface area (Å²) in [5, 5.41) is 15.4. The predicted molar refractivity (Wildman–Crippen MR) is 84.0 cm³/mol. The van der Waals surface area contributed by atoms with E-state index in [0.29, 0.717) is 12.5 Å². The standard InChI is InChI=1S/C17H26N2O2/c1-2-5-13(9-11-20)12-19-17(21)16-15-7-4-3-6-14(15)8-10-18-16/h3-4,6-7,13,16,18,20H,2,5,8-12H2,1H3,(H,19,21). The van der Waals surface area contributed by atoms with Crippen LogP contribution in [0.2, 0.25) is 0 Å². The number of hydrogen-bond acceptors (Lipinski definition) is 3. The van der Waals surface area contributed by atoms with E-state index >= 15 is 0 Å². The predicted octanol–water partition coefficient (Wildman–Crippen LogP) is 1.79. The van der Waals surface area contributed by atoms with Crippen molar-refractivity contribution in [2.75, 3.05) is 19.7 Å². The fourth-order valence-electron chi connectivity index (χ4n) is 3.02. The molecule has 0 bridgehead atoms. The van der Waals surface area contributed by atoms with Gasteiger partial charge in [-0.1, -0.05) is 37.6 Å². The maximum atomic E-state index is 12.4. The van der Waals surface area contributed by atoms with Crippen LogP contribution in [0.3, 0.4) is 0 Å². The van der Waals surface area contributed by atoms with E-state index in [4.69, 9.17) is 5.11 Å². The number of carbonyl (C=O) groups is 1. The molecule has 0 radical (unpaired) electrons. The molecule has 2 unspecified atom stereocenters. The van der Waals surface area contributed by atoms with Crippen LogP contribution in [0.1, 0.15) is 43.4 Å². The van der Waals surface area contributed by atoms with Crippen molar-refractivity contribution in [3.63, 3.8) is 0 Å². The average molecular weight is 290 g/mol. The quantitative estimate of drug-likeness (QED) is 0.717. The lowest BCUT2D eigenvalue weighted by Gasteiger charge is -2.27. The van der Waals surface area contributed by atoms with Crippen molar-refractivity contribution in [2.45, 2.75) is 38.6 Å². The first-order chi connectivity index (χ1) is 10.3. The highest BCUT2D eigenvalue weighted by molar-refractivity contribution is 5.83. The monoisotopic (exact) mass is 290 g/mol. The van der Waals surface area contributed by atoms with Crippen molar-refractivity contribution in [3.8, 4) is 0 Å². The molecule has 1 aliphatic rings. The van der Waals surface area contributed by atoms with Crippen LogP contribution in [0.25, 0.3) is 0 Å². The first kappa shape index (κ1) is 16.0. The van der Waals surface area contributed by atoms with Crippen molar-refractivity contribution in [2.24, 2.45) is 5.92 Å². The number of rotatable bonds is 7. The van der Waals surface area contributed by atoms with Gasteiger partial charge in [-0.2, -0.15) is 0 Å². The Morgan fingerprint density at radius 2 is 2.24 bits per heavy atom. The molecule has 0 aliphatic carbocycles. The highest BCUT2D eigenvalue weighted by Gasteiger charge is 2.25. The molecule has 1 heterocycles. The van der Waals surface area contributed by atoms with Gasteiger partial charge in [0.15, 0.2) is 0 Å². The van der Waals surface area contributed by atoms with Gasteiger partial charge < -0.3 is 15.7 Å². The minimum absolute atomic E-state index is 0.0428. The lowest BCUT2D eigenvalue weighted by Crippen LogP contribution is -2.42. The Bertz CT molecular complexity index is 456. The normalized spacial score (nSPS) is 18.9. The van der Waals surface area contributed by atoms with Crippen LogP contribution in [0.15, 0.2) is 24.3 Å². The first-order valence-electron chi connectivity index (χ1n) is 7.96. The minimum atomic E-state index is -0.244. The van der Waals surface area contributed by atoms with E-state index in [1.165, 1.54) is 5.56 Å². The van der Waals surface area contributed by atoms with Crippen LogP contribution < -0.4 is 10.6 Å². The molecule has 1 aliphatic heterocycles. The van der Waals surface area contributed by atoms with Crippen molar-refractivity contribution in [1.82, 2.24) is 10.6 Å². The Morgan fingerprint density at radius 1 is 1.43 bits per heavy atom. The van der Waals surface area contributed by atoms with E-state index in [0.717, 1.165) is 37.8 Å². The Labute approximate surface area is 126 Å². The summed E-state index contributed by atoms with van der Waals surface area (Å²) in [6.07, 6.45) is 3.84. The van der Waals surface area contributed by atoms with Crippen molar-refractivity contribution in [3.05, 3.63) is 35.4 Å². The molecule has 4 heteroatoms. The zero-order valence-electron chi connectivity index (χ0n) is 12.8. The van der Waals surface area contributed by atoms with Gasteiger partial charge in [0.1, 0.15) is 6.04 Å². The molecular formula is C17H26N2O2. The fraction of sp³-hybridized carbons (Fsp3) is 0.588. The zero-order chi connectivity index (χ0) is 15.1. The molecule has 1 amide bonds. The van der Waals surface area contributed by atoms with Crippen LogP contribution in [0.4, 0.5) is 0 Å². The third-order valence-corrected chi connectivity index (χ3v) is 4.17. The Hall–Kier alpha value is -1.39. The maximum absolute atomic E-state index is 12.4. The van der Waals surface area contributed by atoms with Crippen LogP contribution in [0, 0.1) is 5.92 Å². The largest absolute Gasteiger partial charge is 0.396 e. The summed E-state index contributed by atoms with van der Waals surface area (Å²) in [7, 11) is 0. The van der Waals surface area contributed by atoms with Crippen molar-refractivity contribution < 1.29 is 9.90 Å². The summed E-state index contributed by atoms with van der Waals surface area (Å²) in [5.41, 5.74) is 2.35. The molecular weight excluding hydrogens is 264 g/mol. The van der Waals surface area contributed by atoms with Gasteiger partial charge in [-0.3, -0.25) is 4.79 Å². The SMILES string of the molecule is CCCC(CCO)CNC(=O)C1NCCc2ccccc21. The van der Waals surface area contributed by atoms with Gasteiger partial charge in [0.2, 0.25) is 5.91 Å². The zero-order valence-corrected chi connectivity index (χ0v) is 12.8. The number of nitrogens with one attached hydrogen (secondary N) is 2.